The predicted octanol–water partition coefficient (Wildman–Crippen LogP) is 6.74. The fourth-order valence-corrected chi connectivity index (χ4v) is 3.30. The van der Waals surface area contributed by atoms with Gasteiger partial charge in [0.05, 0.1) is 22.6 Å². The van der Waals surface area contributed by atoms with Gasteiger partial charge in [-0.1, -0.05) is 12.1 Å². The maximum atomic E-state index is 12.8. The summed E-state index contributed by atoms with van der Waals surface area (Å²) in [5.74, 6) is -0.322. The van der Waals surface area contributed by atoms with Gasteiger partial charge in [0.15, 0.2) is 0 Å². The fraction of sp³-hybridized carbons (Fsp3) is 0.250. The Labute approximate surface area is 192 Å². The first-order valence-corrected chi connectivity index (χ1v) is 10.0. The van der Waals surface area contributed by atoms with Crippen molar-refractivity contribution >= 4 is 11.8 Å². The molecule has 0 aliphatic carbocycles. The number of benzene rings is 1. The Morgan fingerprint density at radius 2 is 1.59 bits per heavy atom. The van der Waals surface area contributed by atoms with Crippen molar-refractivity contribution in [1.82, 2.24) is 14.9 Å². The molecule has 34 heavy (non-hydrogen) atoms. The van der Waals surface area contributed by atoms with Gasteiger partial charge in [-0.05, 0) is 61.4 Å². The van der Waals surface area contributed by atoms with E-state index < -0.39 is 18.1 Å². The van der Waals surface area contributed by atoms with Gasteiger partial charge in [0.2, 0.25) is 0 Å². The van der Waals surface area contributed by atoms with Crippen LogP contribution >= 0.6 is 0 Å². The molecule has 0 unspecified atom stereocenters. The van der Waals surface area contributed by atoms with Crippen molar-refractivity contribution < 1.29 is 31.1 Å². The first-order valence-electron chi connectivity index (χ1n) is 10.0. The van der Waals surface area contributed by atoms with Gasteiger partial charge in [0.25, 0.3) is 0 Å². The van der Waals surface area contributed by atoms with E-state index in [0.717, 1.165) is 23.4 Å². The number of aryl methyl sites for hydroxylation is 2. The number of alkyl halides is 6. The first-order chi connectivity index (χ1) is 15.7. The number of pyridine rings is 2. The molecule has 180 valence electrons. The third kappa shape index (κ3) is 6.06. The Morgan fingerprint density at radius 1 is 0.941 bits per heavy atom. The molecule has 0 bridgehead atoms. The van der Waals surface area contributed by atoms with Crippen LogP contribution in [0.4, 0.5) is 26.3 Å². The second-order valence-electron chi connectivity index (χ2n) is 7.75. The lowest BCUT2D eigenvalue weighted by Crippen LogP contribution is -2.16. The summed E-state index contributed by atoms with van der Waals surface area (Å²) in [6, 6.07) is 9.59. The number of aromatic nitrogens is 2. The summed E-state index contributed by atoms with van der Waals surface area (Å²) >= 11 is 0. The van der Waals surface area contributed by atoms with E-state index in [0.29, 0.717) is 28.3 Å². The van der Waals surface area contributed by atoms with Crippen LogP contribution in [-0.4, -0.2) is 35.3 Å². The van der Waals surface area contributed by atoms with E-state index in [9.17, 15) is 26.3 Å². The second kappa shape index (κ2) is 9.36. The molecule has 0 aliphatic heterocycles. The highest BCUT2D eigenvalue weighted by Gasteiger charge is 2.31. The zero-order chi connectivity index (χ0) is 25.3. The van der Waals surface area contributed by atoms with E-state index in [1.54, 1.807) is 32.0 Å². The standard InChI is InChI=1S/C24H21F6N3O/c1-14-11-20(16-5-9-19(10-6-16)34-24(28,29)30)15(2)32-22(14)21(33(3)4)12-18-8-7-17(13-31-18)23(25,26)27/h5-13H,1-4H3/b21-12-. The highest BCUT2D eigenvalue weighted by Crippen LogP contribution is 2.32. The van der Waals surface area contributed by atoms with Gasteiger partial charge in [-0.2, -0.15) is 13.2 Å². The molecule has 2 aromatic heterocycles. The molecule has 0 fully saturated rings. The molecule has 3 aromatic rings. The molecule has 2 heterocycles. The quantitative estimate of drug-likeness (QED) is 0.379. The van der Waals surface area contributed by atoms with Crippen molar-refractivity contribution in [1.29, 1.82) is 0 Å². The molecule has 10 heteroatoms. The number of ether oxygens (including phenoxy) is 1. The van der Waals surface area contributed by atoms with Crippen molar-refractivity contribution in [3.63, 3.8) is 0 Å². The Bertz CT molecular complexity index is 1180. The third-order valence-electron chi connectivity index (χ3n) is 4.93. The monoisotopic (exact) mass is 481 g/mol. The highest BCUT2D eigenvalue weighted by atomic mass is 19.4. The van der Waals surface area contributed by atoms with E-state index in [2.05, 4.69) is 14.7 Å². The van der Waals surface area contributed by atoms with Crippen molar-refractivity contribution in [2.75, 3.05) is 14.1 Å². The van der Waals surface area contributed by atoms with Gasteiger partial charge in [-0.3, -0.25) is 9.97 Å². The number of hydrogen-bond donors (Lipinski definition) is 0. The maximum absolute atomic E-state index is 12.8. The van der Waals surface area contributed by atoms with E-state index in [4.69, 9.17) is 0 Å². The lowest BCUT2D eigenvalue weighted by molar-refractivity contribution is -0.274. The minimum atomic E-state index is -4.77. The van der Waals surface area contributed by atoms with E-state index in [1.807, 2.05) is 13.0 Å². The topological polar surface area (TPSA) is 38.3 Å². The molecule has 1 aromatic carbocycles. The summed E-state index contributed by atoms with van der Waals surface area (Å²) in [5.41, 5.74) is 3.51. The molecule has 0 amide bonds. The summed E-state index contributed by atoms with van der Waals surface area (Å²) in [6.45, 7) is 3.59. The molecule has 0 aliphatic rings. The minimum Gasteiger partial charge on any atom is -0.406 e. The Kier molecular flexibility index (Phi) is 6.90. The minimum absolute atomic E-state index is 0.322. The van der Waals surface area contributed by atoms with Crippen molar-refractivity contribution in [3.8, 4) is 16.9 Å². The van der Waals surface area contributed by atoms with Gasteiger partial charge < -0.3 is 9.64 Å². The van der Waals surface area contributed by atoms with Crippen LogP contribution in [0.25, 0.3) is 22.9 Å². The van der Waals surface area contributed by atoms with Gasteiger partial charge in [0.1, 0.15) is 5.75 Å². The average Bonchev–Trinajstić information content (AvgIpc) is 2.72. The summed E-state index contributed by atoms with van der Waals surface area (Å²) < 4.78 is 79.6. The molecule has 0 atom stereocenters. The largest absolute Gasteiger partial charge is 0.573 e. The smallest absolute Gasteiger partial charge is 0.406 e. The van der Waals surface area contributed by atoms with Crippen LogP contribution in [0.3, 0.4) is 0 Å². The van der Waals surface area contributed by atoms with Gasteiger partial charge in [-0.25, -0.2) is 0 Å². The lowest BCUT2D eigenvalue weighted by Gasteiger charge is -2.20. The molecular formula is C24H21F6N3O. The summed E-state index contributed by atoms with van der Waals surface area (Å²) in [4.78, 5) is 10.4. The zero-order valence-corrected chi connectivity index (χ0v) is 18.7. The van der Waals surface area contributed by atoms with Crippen LogP contribution in [0, 0.1) is 13.8 Å². The second-order valence-corrected chi connectivity index (χ2v) is 7.75. The van der Waals surface area contributed by atoms with Crippen molar-refractivity contribution in [3.05, 3.63) is 76.9 Å². The molecule has 0 radical (unpaired) electrons. The SMILES string of the molecule is Cc1cc(-c2ccc(OC(F)(F)F)cc2)c(C)nc1/C(=C/c1ccc(C(F)(F)F)cn1)N(C)C. The van der Waals surface area contributed by atoms with Crippen LogP contribution in [0.15, 0.2) is 48.7 Å². The van der Waals surface area contributed by atoms with E-state index in [-0.39, 0.29) is 5.75 Å². The van der Waals surface area contributed by atoms with E-state index >= 15 is 0 Å². The van der Waals surface area contributed by atoms with Gasteiger partial charge in [-0.15, -0.1) is 13.2 Å². The third-order valence-corrected chi connectivity index (χ3v) is 4.93. The van der Waals surface area contributed by atoms with Gasteiger partial charge in [0, 0.05) is 31.5 Å². The van der Waals surface area contributed by atoms with Crippen LogP contribution in [-0.2, 0) is 6.18 Å². The summed E-state index contributed by atoms with van der Waals surface area (Å²) in [7, 11) is 3.55. The van der Waals surface area contributed by atoms with Crippen LogP contribution in [0.2, 0.25) is 0 Å². The molecule has 0 N–H and O–H groups in total. The molecule has 4 nitrogen and oxygen atoms in total. The van der Waals surface area contributed by atoms with Crippen molar-refractivity contribution in [2.45, 2.75) is 26.4 Å². The molecule has 3 rings (SSSR count). The predicted molar refractivity (Wildman–Crippen MR) is 117 cm³/mol. The number of rotatable bonds is 5. The lowest BCUT2D eigenvalue weighted by atomic mass is 10.00. The van der Waals surface area contributed by atoms with Crippen molar-refractivity contribution in [2.24, 2.45) is 0 Å². The Hall–Kier alpha value is -3.56. The zero-order valence-electron chi connectivity index (χ0n) is 18.7. The van der Waals surface area contributed by atoms with Crippen LogP contribution < -0.4 is 4.74 Å². The average molecular weight is 481 g/mol. The first kappa shape index (κ1) is 25.1. The Morgan fingerprint density at radius 3 is 2.09 bits per heavy atom. The van der Waals surface area contributed by atoms with Crippen LogP contribution in [0.5, 0.6) is 5.75 Å². The molecular weight excluding hydrogens is 460 g/mol. The van der Waals surface area contributed by atoms with Gasteiger partial charge >= 0.3 is 12.5 Å². The fourth-order valence-electron chi connectivity index (χ4n) is 3.30. The maximum Gasteiger partial charge on any atom is 0.573 e. The number of nitrogens with zero attached hydrogens (tertiary/aromatic N) is 3. The molecule has 0 saturated carbocycles. The van der Waals surface area contributed by atoms with Crippen LogP contribution in [0.1, 0.15) is 28.2 Å². The molecule has 0 saturated heterocycles. The van der Waals surface area contributed by atoms with E-state index in [1.165, 1.54) is 30.3 Å². The number of hydrogen-bond acceptors (Lipinski definition) is 4. The molecule has 0 spiro atoms. The summed E-state index contributed by atoms with van der Waals surface area (Å²) in [5, 5.41) is 0. The summed E-state index contributed by atoms with van der Waals surface area (Å²) in [6.07, 6.45) is -6.83. The normalized spacial score (nSPS) is 12.6. The number of halogens is 6. The Balaban J connectivity index is 1.96. The highest BCUT2D eigenvalue weighted by molar-refractivity contribution is 5.80.